The van der Waals surface area contributed by atoms with Crippen molar-refractivity contribution in [2.75, 3.05) is 57.7 Å². The number of carbonyl (C=O) groups is 5. The number of β-amino-alcohol motifs (C(OH)–C–C–N with tert-alkyl or cyclic N) is 1. The molecule has 16 nitrogen and oxygen atoms in total. The van der Waals surface area contributed by atoms with Crippen molar-refractivity contribution >= 4 is 57.3 Å². The minimum Gasteiger partial charge on any atom is -0.508 e. The van der Waals surface area contributed by atoms with E-state index >= 15 is 0 Å². The van der Waals surface area contributed by atoms with Crippen molar-refractivity contribution in [3.05, 3.63) is 117 Å². The largest absolute Gasteiger partial charge is 0.508 e. The Bertz CT molecular complexity index is 2830. The predicted molar refractivity (Wildman–Crippen MR) is 273 cm³/mol. The summed E-state index contributed by atoms with van der Waals surface area (Å²) in [6.07, 6.45) is 2.69. The van der Waals surface area contributed by atoms with Crippen LogP contribution in [0, 0.1) is 30.0 Å². The zero-order valence-electron chi connectivity index (χ0n) is 40.8. The number of benzene rings is 3. The highest BCUT2D eigenvalue weighted by atomic mass is 32.1. The molecular formula is C53H60FN9O7S2. The van der Waals surface area contributed by atoms with Crippen molar-refractivity contribution in [2.24, 2.45) is 5.41 Å². The van der Waals surface area contributed by atoms with Crippen molar-refractivity contribution in [3.63, 3.8) is 0 Å². The Morgan fingerprint density at radius 3 is 2.46 bits per heavy atom. The van der Waals surface area contributed by atoms with Gasteiger partial charge < -0.3 is 35.5 Å². The maximum Gasteiger partial charge on any atom is 0.256 e. The number of fused-ring (bicyclic) bond motifs is 1. The van der Waals surface area contributed by atoms with E-state index in [4.69, 9.17) is 0 Å². The number of nitrogens with zero attached hydrogens (tertiary/aromatic N) is 6. The van der Waals surface area contributed by atoms with Gasteiger partial charge in [0, 0.05) is 81.4 Å². The van der Waals surface area contributed by atoms with Crippen LogP contribution in [0.15, 0.2) is 77.8 Å². The first-order valence-corrected chi connectivity index (χ1v) is 25.9. The van der Waals surface area contributed by atoms with Crippen LogP contribution in [0.3, 0.4) is 0 Å². The second-order valence-electron chi connectivity index (χ2n) is 19.5. The maximum absolute atomic E-state index is 14.5. The minimum atomic E-state index is -1.35. The summed E-state index contributed by atoms with van der Waals surface area (Å²) >= 11 is 2.78. The number of phenolic OH excluding ortho intramolecular Hbond substituents is 1. The van der Waals surface area contributed by atoms with Gasteiger partial charge in [0.05, 0.1) is 34.3 Å². The fourth-order valence-electron chi connectivity index (χ4n) is 9.45. The Hall–Kier alpha value is -6.56. The molecule has 5 N–H and O–H groups in total. The van der Waals surface area contributed by atoms with Gasteiger partial charge in [0.15, 0.2) is 5.13 Å². The molecule has 2 aromatic heterocycles. The fourth-order valence-corrected chi connectivity index (χ4v) is 10.8. The first-order chi connectivity index (χ1) is 34.5. The van der Waals surface area contributed by atoms with Gasteiger partial charge in [-0.25, -0.2) is 14.4 Å². The molecule has 5 aromatic rings. The number of unbranched alkanes of at least 4 members (excludes halogenated alkanes) is 1. The number of likely N-dealkylation sites (tertiary alicyclic amines) is 1. The molecule has 0 bridgehead atoms. The topological polar surface area (TPSA) is 201 Å². The maximum atomic E-state index is 14.5. The van der Waals surface area contributed by atoms with Crippen LogP contribution in [0.5, 0.6) is 5.75 Å². The number of aromatic hydroxyl groups is 1. The molecule has 0 radical (unpaired) electrons. The molecule has 19 heteroatoms. The highest BCUT2D eigenvalue weighted by Gasteiger charge is 2.45. The van der Waals surface area contributed by atoms with E-state index in [0.29, 0.717) is 54.3 Å². The second kappa shape index (κ2) is 22.9. The number of aryl methyl sites for hydroxylation is 1. The molecule has 2 saturated heterocycles. The summed E-state index contributed by atoms with van der Waals surface area (Å²) in [5, 5.41) is 32.0. The van der Waals surface area contributed by atoms with Gasteiger partial charge in [-0.1, -0.05) is 69.0 Å². The summed E-state index contributed by atoms with van der Waals surface area (Å²) in [5.41, 5.74) is 5.77. The monoisotopic (exact) mass is 1020 g/mol. The van der Waals surface area contributed by atoms with Gasteiger partial charge in [-0.2, -0.15) is 0 Å². The van der Waals surface area contributed by atoms with Crippen LogP contribution in [0.4, 0.5) is 9.52 Å². The average Bonchev–Trinajstić information content (AvgIpc) is 4.18. The molecule has 378 valence electrons. The molecule has 72 heavy (non-hydrogen) atoms. The fraction of sp³-hybridized carbons (Fsp3) is 0.415. The van der Waals surface area contributed by atoms with Crippen LogP contribution in [0.1, 0.15) is 84.4 Å². The van der Waals surface area contributed by atoms with Crippen LogP contribution in [-0.4, -0.2) is 140 Å². The van der Waals surface area contributed by atoms with E-state index in [1.54, 1.807) is 34.9 Å². The first kappa shape index (κ1) is 51.8. The number of rotatable bonds is 16. The lowest BCUT2D eigenvalue weighted by Crippen LogP contribution is -2.59. The SMILES string of the molecule is Cc1ncsc1-c1ccc(CCNC(=O)[C@@H]2C[C@H](O)CN2C(=O)[C@@H](NC(=O)CN2CCN(CCCC#Cc3cccc4c3C(=O)N([C@@H](C(=O)Nc3nccs3)c3cc(F)ccc3O)C4)CC2)C(C)(C)C)cc1. The number of thiazole rings is 2. The predicted octanol–water partition coefficient (Wildman–Crippen LogP) is 5.36. The number of hydrogen-bond acceptors (Lipinski definition) is 13. The standard InChI is InChI=1S/C53H60FN9O7S2/c1-33-46(72-32-57-33)36-14-12-34(13-15-36)18-19-55-48(67)41-28-39(64)30-62(41)51(70)47(53(2,3)4)58-43(66)31-61-24-22-60(23-25-61)21-7-5-6-9-35-10-8-11-37-29-63(50(69)44(35)37)45(40-27-38(54)16-17-42(40)65)49(68)59-52-56-20-26-71-52/h8,10-17,20,26-27,32,39,41,45,47,64-65H,5,7,18-19,21-25,28-31H2,1-4H3,(H,55,67)(H,58,66)(H,56,59,68)/t39-,41-,45+,47+/m0/s1. The lowest BCUT2D eigenvalue weighted by Gasteiger charge is -2.37. The molecule has 4 atom stereocenters. The summed E-state index contributed by atoms with van der Waals surface area (Å²) < 4.78 is 14.5. The molecule has 2 fully saturated rings. The summed E-state index contributed by atoms with van der Waals surface area (Å²) in [7, 11) is 0. The van der Waals surface area contributed by atoms with Crippen LogP contribution >= 0.6 is 22.7 Å². The lowest BCUT2D eigenvalue weighted by atomic mass is 9.85. The highest BCUT2D eigenvalue weighted by molar-refractivity contribution is 7.14. The number of carbonyl (C=O) groups excluding carboxylic acids is 5. The normalized spacial score (nSPS) is 18.0. The van der Waals surface area contributed by atoms with Crippen molar-refractivity contribution in [1.82, 2.24) is 40.2 Å². The number of aromatic nitrogens is 2. The van der Waals surface area contributed by atoms with E-state index < -0.39 is 53.2 Å². The minimum absolute atomic E-state index is 0.000959. The number of halogens is 1. The van der Waals surface area contributed by atoms with E-state index in [2.05, 4.69) is 47.6 Å². The Morgan fingerprint density at radius 1 is 0.986 bits per heavy atom. The van der Waals surface area contributed by atoms with Crippen molar-refractivity contribution in [3.8, 4) is 28.0 Å². The Balaban J connectivity index is 0.791. The number of nitrogens with one attached hydrogen (secondary N) is 3. The number of phenols is 1. The molecule has 0 unspecified atom stereocenters. The van der Waals surface area contributed by atoms with Gasteiger partial charge in [0.25, 0.3) is 11.8 Å². The molecule has 0 saturated carbocycles. The van der Waals surface area contributed by atoms with Crippen LogP contribution in [-0.2, 0) is 32.1 Å². The molecule has 0 spiro atoms. The van der Waals surface area contributed by atoms with Crippen LogP contribution < -0.4 is 16.0 Å². The number of aliphatic hydroxyl groups is 1. The summed E-state index contributed by atoms with van der Waals surface area (Å²) in [6, 6.07) is 13.7. The number of aliphatic hydroxyl groups excluding tert-OH is 1. The summed E-state index contributed by atoms with van der Waals surface area (Å²) in [6.45, 7) is 11.7. The van der Waals surface area contributed by atoms with Crippen LogP contribution in [0.25, 0.3) is 10.4 Å². The third-order valence-electron chi connectivity index (χ3n) is 13.3. The van der Waals surface area contributed by atoms with Gasteiger partial charge in [-0.05, 0) is 72.7 Å². The Kier molecular flexibility index (Phi) is 16.5. The number of piperazine rings is 1. The zero-order valence-corrected chi connectivity index (χ0v) is 42.5. The number of anilines is 1. The average molecular weight is 1020 g/mol. The molecule has 8 rings (SSSR count). The van der Waals surface area contributed by atoms with Gasteiger partial charge in [-0.15, -0.1) is 22.7 Å². The summed E-state index contributed by atoms with van der Waals surface area (Å²) in [5.74, 6) is 3.25. The third kappa shape index (κ3) is 12.4. The molecule has 5 heterocycles. The van der Waals surface area contributed by atoms with E-state index in [0.717, 1.165) is 66.0 Å². The number of hydrogen-bond donors (Lipinski definition) is 5. The smallest absolute Gasteiger partial charge is 0.256 e. The highest BCUT2D eigenvalue weighted by Crippen LogP contribution is 2.38. The van der Waals surface area contributed by atoms with Gasteiger partial charge in [0.2, 0.25) is 17.7 Å². The molecule has 3 aliphatic rings. The van der Waals surface area contributed by atoms with E-state index in [1.165, 1.54) is 27.3 Å². The van der Waals surface area contributed by atoms with Crippen molar-refractivity contribution in [2.45, 2.75) is 84.2 Å². The molecule has 3 aromatic carbocycles. The van der Waals surface area contributed by atoms with Gasteiger partial charge in [0.1, 0.15) is 29.7 Å². The van der Waals surface area contributed by atoms with Crippen LogP contribution in [0.2, 0.25) is 0 Å². The number of amides is 5. The Labute approximate surface area is 426 Å². The molecule has 5 amide bonds. The summed E-state index contributed by atoms with van der Waals surface area (Å²) in [4.78, 5) is 85.6. The zero-order chi connectivity index (χ0) is 51.1. The lowest BCUT2D eigenvalue weighted by molar-refractivity contribution is -0.144. The van der Waals surface area contributed by atoms with Crippen molar-refractivity contribution in [1.29, 1.82) is 0 Å². The molecule has 0 aliphatic carbocycles. The van der Waals surface area contributed by atoms with Gasteiger partial charge in [-0.3, -0.25) is 34.2 Å². The first-order valence-electron chi connectivity index (χ1n) is 24.1. The third-order valence-corrected chi connectivity index (χ3v) is 14.9. The van der Waals surface area contributed by atoms with E-state index in [-0.39, 0.29) is 49.2 Å². The quantitative estimate of drug-likeness (QED) is 0.0630. The van der Waals surface area contributed by atoms with Crippen molar-refractivity contribution < 1.29 is 38.6 Å². The van der Waals surface area contributed by atoms with E-state index in [1.807, 2.05) is 57.5 Å². The second-order valence-corrected chi connectivity index (χ2v) is 21.2. The van der Waals surface area contributed by atoms with E-state index in [9.17, 15) is 38.6 Å². The molecule has 3 aliphatic heterocycles. The van der Waals surface area contributed by atoms with Gasteiger partial charge >= 0.3 is 0 Å². The Morgan fingerprint density at radius 2 is 1.75 bits per heavy atom. The molecular weight excluding hydrogens is 958 g/mol.